The highest BCUT2D eigenvalue weighted by Gasteiger charge is 2.34. The molecule has 1 atom stereocenters. The van der Waals surface area contributed by atoms with E-state index in [9.17, 15) is 18.0 Å². The Bertz CT molecular complexity index is 1040. The van der Waals surface area contributed by atoms with Crippen LogP contribution in [0.2, 0.25) is 0 Å². The third-order valence-electron chi connectivity index (χ3n) is 5.24. The Hall–Kier alpha value is -3.16. The minimum absolute atomic E-state index is 0.00549. The number of rotatable bonds is 5. The summed E-state index contributed by atoms with van der Waals surface area (Å²) in [5.41, 5.74) is 1.79. The van der Waals surface area contributed by atoms with E-state index in [1.165, 1.54) is 17.7 Å². The molecular formula is C22H20F3N3O2. The molecule has 5 nitrogen and oxygen atoms in total. The molecule has 30 heavy (non-hydrogen) atoms. The molecule has 0 radical (unpaired) electrons. The molecular weight excluding hydrogens is 395 g/mol. The molecule has 0 N–H and O–H groups in total. The first-order valence-corrected chi connectivity index (χ1v) is 9.64. The number of amides is 1. The zero-order valence-corrected chi connectivity index (χ0v) is 16.3. The molecule has 8 heteroatoms. The van der Waals surface area contributed by atoms with Gasteiger partial charge in [0.1, 0.15) is 0 Å². The molecule has 1 aliphatic rings. The maximum Gasteiger partial charge on any atom is 0.416 e. The molecule has 1 aliphatic heterocycles. The number of aromatic nitrogens is 2. The molecule has 1 fully saturated rings. The van der Waals surface area contributed by atoms with Crippen LogP contribution in [0.4, 0.5) is 13.2 Å². The van der Waals surface area contributed by atoms with E-state index in [4.69, 9.17) is 4.52 Å². The van der Waals surface area contributed by atoms with Gasteiger partial charge in [0.2, 0.25) is 17.6 Å². The predicted molar refractivity (Wildman–Crippen MR) is 104 cm³/mol. The summed E-state index contributed by atoms with van der Waals surface area (Å²) >= 11 is 0. The van der Waals surface area contributed by atoms with E-state index in [1.54, 1.807) is 4.90 Å². The number of aryl methyl sites for hydroxylation is 1. The molecule has 2 aromatic carbocycles. The molecule has 1 unspecified atom stereocenters. The molecule has 1 amide bonds. The summed E-state index contributed by atoms with van der Waals surface area (Å²) < 4.78 is 44.1. The van der Waals surface area contributed by atoms with Crippen LogP contribution in [0.3, 0.4) is 0 Å². The minimum Gasteiger partial charge on any atom is -0.342 e. The van der Waals surface area contributed by atoms with Crippen molar-refractivity contribution in [1.82, 2.24) is 15.0 Å². The summed E-state index contributed by atoms with van der Waals surface area (Å²) in [7, 11) is 0. The normalized spacial score (nSPS) is 17.0. The largest absolute Gasteiger partial charge is 0.416 e. The number of carbonyl (C=O) groups excluding carboxylic acids is 1. The third kappa shape index (κ3) is 4.37. The van der Waals surface area contributed by atoms with E-state index < -0.39 is 11.7 Å². The quantitative estimate of drug-likeness (QED) is 0.610. The topological polar surface area (TPSA) is 59.2 Å². The Labute approximate surface area is 171 Å². The molecule has 0 bridgehead atoms. The first kappa shape index (κ1) is 20.1. The Morgan fingerprint density at radius 3 is 2.67 bits per heavy atom. The fourth-order valence-corrected chi connectivity index (χ4v) is 3.53. The van der Waals surface area contributed by atoms with Crippen LogP contribution in [0.15, 0.2) is 53.1 Å². The van der Waals surface area contributed by atoms with Crippen LogP contribution in [0.1, 0.15) is 34.9 Å². The molecule has 0 spiro atoms. The third-order valence-corrected chi connectivity index (χ3v) is 5.24. The van der Waals surface area contributed by atoms with Crippen molar-refractivity contribution in [3.63, 3.8) is 0 Å². The zero-order chi connectivity index (χ0) is 21.3. The molecule has 0 aliphatic carbocycles. The number of alkyl halides is 3. The van der Waals surface area contributed by atoms with Gasteiger partial charge < -0.3 is 9.42 Å². The van der Waals surface area contributed by atoms with Crippen LogP contribution >= 0.6 is 0 Å². The molecule has 156 valence electrons. The average molecular weight is 415 g/mol. The summed E-state index contributed by atoms with van der Waals surface area (Å²) in [6.07, 6.45) is -3.45. The molecule has 4 rings (SSSR count). The second-order valence-corrected chi connectivity index (χ2v) is 7.51. The van der Waals surface area contributed by atoms with Gasteiger partial charge in [-0.05, 0) is 31.0 Å². The maximum atomic E-state index is 12.9. The van der Waals surface area contributed by atoms with E-state index in [0.717, 1.165) is 24.1 Å². The maximum absolute atomic E-state index is 12.9. The van der Waals surface area contributed by atoms with Crippen molar-refractivity contribution < 1.29 is 22.5 Å². The van der Waals surface area contributed by atoms with Gasteiger partial charge in [0.05, 0.1) is 11.5 Å². The second kappa shape index (κ2) is 7.93. The van der Waals surface area contributed by atoms with Crippen LogP contribution in [-0.4, -0.2) is 34.0 Å². The number of hydrogen-bond acceptors (Lipinski definition) is 4. The van der Waals surface area contributed by atoms with E-state index in [0.29, 0.717) is 13.1 Å². The molecule has 1 saturated heterocycles. The van der Waals surface area contributed by atoms with Gasteiger partial charge in [0.25, 0.3) is 0 Å². The summed E-state index contributed by atoms with van der Waals surface area (Å²) in [5.74, 6) is 0.101. The number of benzene rings is 2. The van der Waals surface area contributed by atoms with E-state index >= 15 is 0 Å². The van der Waals surface area contributed by atoms with Crippen molar-refractivity contribution >= 4 is 5.91 Å². The standard InChI is InChI=1S/C22H20F3N3O2/c1-14-5-7-15(8-6-14)9-10-28-13-17(12-19(28)29)21-26-20(27-30-21)16-3-2-4-18(11-16)22(23,24)25/h2-8,11,17H,9-10,12-13H2,1H3. The number of likely N-dealkylation sites (tertiary alicyclic amines) is 1. The summed E-state index contributed by atoms with van der Waals surface area (Å²) in [5, 5.41) is 3.82. The van der Waals surface area contributed by atoms with Gasteiger partial charge in [-0.1, -0.05) is 47.1 Å². The molecule has 1 aromatic heterocycles. The van der Waals surface area contributed by atoms with Crippen molar-refractivity contribution in [3.8, 4) is 11.4 Å². The monoisotopic (exact) mass is 415 g/mol. The van der Waals surface area contributed by atoms with Gasteiger partial charge in [-0.2, -0.15) is 18.2 Å². The van der Waals surface area contributed by atoms with Crippen LogP contribution < -0.4 is 0 Å². The molecule has 2 heterocycles. The highest BCUT2D eigenvalue weighted by Crippen LogP contribution is 2.33. The van der Waals surface area contributed by atoms with Crippen LogP contribution in [0, 0.1) is 6.92 Å². The van der Waals surface area contributed by atoms with Gasteiger partial charge in [-0.3, -0.25) is 4.79 Å². The van der Waals surface area contributed by atoms with Gasteiger partial charge >= 0.3 is 6.18 Å². The van der Waals surface area contributed by atoms with Crippen molar-refractivity contribution in [2.75, 3.05) is 13.1 Å². The fraction of sp³-hybridized carbons (Fsp3) is 0.318. The Kier molecular flexibility index (Phi) is 5.32. The van der Waals surface area contributed by atoms with Crippen LogP contribution in [0.25, 0.3) is 11.4 Å². The van der Waals surface area contributed by atoms with Gasteiger partial charge in [-0.15, -0.1) is 0 Å². The van der Waals surface area contributed by atoms with Crippen LogP contribution in [0.5, 0.6) is 0 Å². The Morgan fingerprint density at radius 1 is 1.17 bits per heavy atom. The van der Waals surface area contributed by atoms with Crippen molar-refractivity contribution in [3.05, 3.63) is 71.1 Å². The lowest BCUT2D eigenvalue weighted by molar-refractivity contribution is -0.137. The van der Waals surface area contributed by atoms with Crippen molar-refractivity contribution in [2.45, 2.75) is 31.9 Å². The number of halogens is 3. The molecule has 0 saturated carbocycles. The van der Waals surface area contributed by atoms with Crippen molar-refractivity contribution in [2.24, 2.45) is 0 Å². The predicted octanol–water partition coefficient (Wildman–Crippen LogP) is 4.62. The SMILES string of the molecule is Cc1ccc(CCN2CC(c3nc(-c4cccc(C(F)(F)F)c4)no3)CC2=O)cc1. The van der Waals surface area contributed by atoms with Gasteiger partial charge in [0, 0.05) is 25.1 Å². The van der Waals surface area contributed by atoms with Gasteiger partial charge in [-0.25, -0.2) is 0 Å². The van der Waals surface area contributed by atoms with Crippen LogP contribution in [-0.2, 0) is 17.4 Å². The first-order valence-electron chi connectivity index (χ1n) is 9.64. The number of carbonyl (C=O) groups is 1. The van der Waals surface area contributed by atoms with E-state index in [-0.39, 0.29) is 35.5 Å². The highest BCUT2D eigenvalue weighted by molar-refractivity contribution is 5.79. The highest BCUT2D eigenvalue weighted by atomic mass is 19.4. The first-order chi connectivity index (χ1) is 14.3. The summed E-state index contributed by atoms with van der Waals surface area (Å²) in [6.45, 7) is 3.07. The lowest BCUT2D eigenvalue weighted by atomic mass is 10.1. The summed E-state index contributed by atoms with van der Waals surface area (Å²) in [4.78, 5) is 18.4. The number of nitrogens with zero attached hydrogens (tertiary/aromatic N) is 3. The number of hydrogen-bond donors (Lipinski definition) is 0. The Balaban J connectivity index is 1.43. The fourth-order valence-electron chi connectivity index (χ4n) is 3.53. The van der Waals surface area contributed by atoms with Gasteiger partial charge in [0.15, 0.2) is 0 Å². The Morgan fingerprint density at radius 2 is 1.93 bits per heavy atom. The molecule has 3 aromatic rings. The average Bonchev–Trinajstić information content (AvgIpc) is 3.34. The zero-order valence-electron chi connectivity index (χ0n) is 16.3. The van der Waals surface area contributed by atoms with Crippen molar-refractivity contribution in [1.29, 1.82) is 0 Å². The van der Waals surface area contributed by atoms with E-state index in [2.05, 4.69) is 10.1 Å². The second-order valence-electron chi connectivity index (χ2n) is 7.51. The smallest absolute Gasteiger partial charge is 0.342 e. The summed E-state index contributed by atoms with van der Waals surface area (Å²) in [6, 6.07) is 13.0. The lowest BCUT2D eigenvalue weighted by Gasteiger charge is -2.15. The lowest BCUT2D eigenvalue weighted by Crippen LogP contribution is -2.27. The van der Waals surface area contributed by atoms with E-state index in [1.807, 2.05) is 31.2 Å². The minimum atomic E-state index is -4.45.